The van der Waals surface area contributed by atoms with Gasteiger partial charge in [-0.15, -0.1) is 0 Å². The Morgan fingerprint density at radius 2 is 1.94 bits per heavy atom. The lowest BCUT2D eigenvalue weighted by atomic mass is 9.57. The van der Waals surface area contributed by atoms with Gasteiger partial charge in [-0.25, -0.2) is 0 Å². The summed E-state index contributed by atoms with van der Waals surface area (Å²) in [5, 5.41) is 0.355. The number of halogens is 1. The van der Waals surface area contributed by atoms with Crippen LogP contribution in [0.4, 0.5) is 0 Å². The van der Waals surface area contributed by atoms with Crippen LogP contribution in [-0.4, -0.2) is 23.2 Å². The number of alkyl halides is 1. The van der Waals surface area contributed by atoms with Gasteiger partial charge in [0.05, 0.1) is 5.41 Å². The molecule has 2 rings (SSSR count). The van der Waals surface area contributed by atoms with E-state index in [0.29, 0.717) is 11.8 Å². The molecule has 0 aromatic carbocycles. The van der Waals surface area contributed by atoms with Crippen LogP contribution in [0.5, 0.6) is 0 Å². The first kappa shape index (κ1) is 12.5. The molecule has 2 N–H and O–H groups in total. The molecule has 0 aromatic rings. The van der Waals surface area contributed by atoms with Gasteiger partial charge in [-0.1, -0.05) is 29.8 Å². The van der Waals surface area contributed by atoms with Gasteiger partial charge in [0.25, 0.3) is 0 Å². The molecule has 0 aromatic heterocycles. The van der Waals surface area contributed by atoms with E-state index in [9.17, 15) is 14.4 Å². The molecule has 1 heterocycles. The molecule has 17 heavy (non-hydrogen) atoms. The third-order valence-electron chi connectivity index (χ3n) is 4.76. The van der Waals surface area contributed by atoms with Crippen molar-refractivity contribution >= 4 is 33.8 Å². The van der Waals surface area contributed by atoms with Gasteiger partial charge in [0, 0.05) is 10.7 Å². The Balaban J connectivity index is 2.69. The molecule has 1 aliphatic carbocycles. The van der Waals surface area contributed by atoms with Gasteiger partial charge in [0.15, 0.2) is 5.41 Å². The Bertz CT molecular complexity index is 433. The van der Waals surface area contributed by atoms with Crippen molar-refractivity contribution in [1.82, 2.24) is 0 Å². The number of cyclic esters (lactones) is 2. The normalized spacial score (nSPS) is 39.0. The third-order valence-corrected chi connectivity index (χ3v) is 5.72. The van der Waals surface area contributed by atoms with Gasteiger partial charge in [0.1, 0.15) is 0 Å². The number of primary amides is 1. The van der Waals surface area contributed by atoms with E-state index in [1.807, 2.05) is 0 Å². The van der Waals surface area contributed by atoms with Crippen LogP contribution < -0.4 is 5.73 Å². The van der Waals surface area contributed by atoms with E-state index in [1.54, 1.807) is 13.8 Å². The van der Waals surface area contributed by atoms with Gasteiger partial charge >= 0.3 is 11.9 Å². The number of esters is 2. The van der Waals surface area contributed by atoms with E-state index in [4.69, 9.17) is 10.5 Å². The van der Waals surface area contributed by atoms with Crippen LogP contribution in [0.2, 0.25) is 0 Å². The summed E-state index contributed by atoms with van der Waals surface area (Å²) in [4.78, 5) is 35.6. The molecule has 5 nitrogen and oxygen atoms in total. The third kappa shape index (κ3) is 1.07. The van der Waals surface area contributed by atoms with E-state index in [1.165, 1.54) is 0 Å². The quantitative estimate of drug-likeness (QED) is 0.463. The Kier molecular flexibility index (Phi) is 2.44. The summed E-state index contributed by atoms with van der Waals surface area (Å²) >= 11 is 3.30. The molecule has 0 unspecified atom stereocenters. The van der Waals surface area contributed by atoms with Gasteiger partial charge in [-0.05, 0) is 12.8 Å². The van der Waals surface area contributed by atoms with E-state index in [2.05, 4.69) is 15.9 Å². The summed E-state index contributed by atoms with van der Waals surface area (Å²) in [6.07, 6.45) is 0.699. The van der Waals surface area contributed by atoms with Crippen LogP contribution in [-0.2, 0) is 19.1 Å². The maximum Gasteiger partial charge on any atom is 0.329 e. The second-order valence-corrected chi connectivity index (χ2v) is 5.85. The highest BCUT2D eigenvalue weighted by atomic mass is 79.9. The van der Waals surface area contributed by atoms with Gasteiger partial charge in [-0.3, -0.25) is 14.4 Å². The maximum absolute atomic E-state index is 12.0. The smallest absolute Gasteiger partial charge is 0.329 e. The molecule has 2 bridgehead atoms. The number of carbonyl (C=O) groups is 3. The van der Waals surface area contributed by atoms with Gasteiger partial charge in [0.2, 0.25) is 5.91 Å². The molecule has 1 saturated carbocycles. The van der Waals surface area contributed by atoms with Crippen molar-refractivity contribution in [3.63, 3.8) is 0 Å². The Hall–Kier alpha value is -0.910. The molecule has 1 amide bonds. The Labute approximate surface area is 107 Å². The fourth-order valence-electron chi connectivity index (χ4n) is 3.24. The van der Waals surface area contributed by atoms with Crippen LogP contribution in [0.3, 0.4) is 0 Å². The monoisotopic (exact) mass is 303 g/mol. The Morgan fingerprint density at radius 3 is 2.41 bits per heavy atom. The summed E-state index contributed by atoms with van der Waals surface area (Å²) in [6.45, 7) is 3.48. The molecule has 94 valence electrons. The SMILES string of the molecule is CC1(C)[C@@]2(CBr)CC[C@]1(C(N)=O)C(=O)OC2=O. The zero-order chi connectivity index (χ0) is 13.1. The highest BCUT2D eigenvalue weighted by molar-refractivity contribution is 9.09. The van der Waals surface area contributed by atoms with Crippen molar-refractivity contribution in [3.8, 4) is 0 Å². The highest BCUT2D eigenvalue weighted by Crippen LogP contribution is 2.66. The minimum absolute atomic E-state index is 0.269. The largest absolute Gasteiger partial charge is 0.392 e. The summed E-state index contributed by atoms with van der Waals surface area (Å²) in [7, 11) is 0. The first-order valence-electron chi connectivity index (χ1n) is 5.39. The topological polar surface area (TPSA) is 86.5 Å². The number of hydrogen-bond donors (Lipinski definition) is 1. The number of hydrogen-bond acceptors (Lipinski definition) is 4. The van der Waals surface area contributed by atoms with Crippen LogP contribution in [0.25, 0.3) is 0 Å². The fourth-order valence-corrected chi connectivity index (χ4v) is 4.45. The number of carbonyl (C=O) groups excluding carboxylic acids is 3. The summed E-state index contributed by atoms with van der Waals surface area (Å²) in [6, 6.07) is 0. The second kappa shape index (κ2) is 3.31. The average molecular weight is 304 g/mol. The second-order valence-electron chi connectivity index (χ2n) is 5.29. The molecule has 1 aliphatic heterocycles. The molecule has 2 atom stereocenters. The van der Waals surface area contributed by atoms with Crippen molar-refractivity contribution in [2.45, 2.75) is 26.7 Å². The van der Waals surface area contributed by atoms with Crippen molar-refractivity contribution in [1.29, 1.82) is 0 Å². The Morgan fingerprint density at radius 1 is 1.35 bits per heavy atom. The van der Waals surface area contributed by atoms with Crippen LogP contribution in [0.1, 0.15) is 26.7 Å². The number of fused-ring (bicyclic) bond motifs is 2. The zero-order valence-electron chi connectivity index (χ0n) is 9.71. The minimum atomic E-state index is -1.38. The lowest BCUT2D eigenvalue weighted by Gasteiger charge is -2.48. The predicted octanol–water partition coefficient (Wildman–Crippen LogP) is 0.743. The van der Waals surface area contributed by atoms with E-state index >= 15 is 0 Å². The summed E-state index contributed by atoms with van der Waals surface area (Å²) in [5.74, 6) is -2.06. The van der Waals surface area contributed by atoms with Crippen LogP contribution in [0.15, 0.2) is 0 Å². The molecule has 2 aliphatic rings. The molecular formula is C11H14BrNO4. The minimum Gasteiger partial charge on any atom is -0.392 e. The molecule has 0 radical (unpaired) electrons. The van der Waals surface area contributed by atoms with Crippen molar-refractivity contribution in [2.24, 2.45) is 22.0 Å². The van der Waals surface area contributed by atoms with Crippen molar-refractivity contribution in [2.75, 3.05) is 5.33 Å². The van der Waals surface area contributed by atoms with Crippen molar-refractivity contribution < 1.29 is 19.1 Å². The summed E-state index contributed by atoms with van der Waals surface area (Å²) in [5.41, 5.74) is 2.33. The first-order chi connectivity index (χ1) is 7.76. The molecule has 1 saturated heterocycles. The first-order valence-corrected chi connectivity index (χ1v) is 6.51. The van der Waals surface area contributed by atoms with Crippen LogP contribution in [0, 0.1) is 16.2 Å². The zero-order valence-corrected chi connectivity index (χ0v) is 11.3. The van der Waals surface area contributed by atoms with Gasteiger partial charge in [-0.2, -0.15) is 0 Å². The molecular weight excluding hydrogens is 290 g/mol. The lowest BCUT2D eigenvalue weighted by molar-refractivity contribution is -0.195. The predicted molar refractivity (Wildman–Crippen MR) is 62.0 cm³/mol. The number of rotatable bonds is 2. The number of amides is 1. The van der Waals surface area contributed by atoms with Crippen LogP contribution >= 0.6 is 15.9 Å². The molecule has 6 heteroatoms. The standard InChI is InChI=1S/C11H14BrNO4/c1-9(2)10(5-12)3-4-11(9,6(13)14)8(16)17-7(10)15/h3-5H2,1-2H3,(H2,13,14)/t10-,11+/m1/s1. The molecule has 0 spiro atoms. The summed E-state index contributed by atoms with van der Waals surface area (Å²) < 4.78 is 4.76. The lowest BCUT2D eigenvalue weighted by Crippen LogP contribution is -2.62. The highest BCUT2D eigenvalue weighted by Gasteiger charge is 2.76. The van der Waals surface area contributed by atoms with E-state index in [-0.39, 0.29) is 6.42 Å². The fraction of sp³-hybridized carbons (Fsp3) is 0.727. The van der Waals surface area contributed by atoms with E-state index in [0.717, 1.165) is 0 Å². The number of ether oxygens (including phenoxy) is 1. The average Bonchev–Trinajstić information content (AvgIpc) is 2.38. The van der Waals surface area contributed by atoms with Gasteiger partial charge < -0.3 is 10.5 Å². The maximum atomic E-state index is 12.0. The van der Waals surface area contributed by atoms with E-state index < -0.39 is 34.1 Å². The van der Waals surface area contributed by atoms with Crippen molar-refractivity contribution in [3.05, 3.63) is 0 Å². The molecule has 2 fully saturated rings. The number of nitrogens with two attached hydrogens (primary N) is 1.